The lowest BCUT2D eigenvalue weighted by atomic mass is 10.1. The van der Waals surface area contributed by atoms with E-state index in [1.165, 1.54) is 18.3 Å². The van der Waals surface area contributed by atoms with Gasteiger partial charge in [-0.25, -0.2) is 18.9 Å². The summed E-state index contributed by atoms with van der Waals surface area (Å²) < 4.78 is 15.1. The molecule has 1 atom stereocenters. The molecule has 2 N–H and O–H groups in total. The Morgan fingerprint density at radius 3 is 2.88 bits per heavy atom. The van der Waals surface area contributed by atoms with Gasteiger partial charge in [-0.1, -0.05) is 24.0 Å². The van der Waals surface area contributed by atoms with Gasteiger partial charge in [-0.2, -0.15) is 5.10 Å². The molecule has 0 saturated carbocycles. The lowest BCUT2D eigenvalue weighted by Crippen LogP contribution is -2.26. The molecule has 0 spiro atoms. The van der Waals surface area contributed by atoms with Gasteiger partial charge in [-0.05, 0) is 42.8 Å². The predicted octanol–water partition coefficient (Wildman–Crippen LogP) is 3.64. The maximum Gasteiger partial charge on any atom is 0.255 e. The van der Waals surface area contributed by atoms with E-state index in [-0.39, 0.29) is 17.8 Å². The minimum atomic E-state index is -0.360. The van der Waals surface area contributed by atoms with Crippen LogP contribution >= 0.6 is 0 Å². The summed E-state index contributed by atoms with van der Waals surface area (Å²) in [5.74, 6) is 5.54. The van der Waals surface area contributed by atoms with Gasteiger partial charge in [0.25, 0.3) is 5.91 Å². The number of amides is 1. The zero-order valence-electron chi connectivity index (χ0n) is 17.0. The number of carbonyl (C=O) groups excluding carboxylic acids is 1. The Morgan fingerprint density at radius 2 is 2.00 bits per heavy atom. The molecule has 5 rings (SSSR count). The van der Waals surface area contributed by atoms with E-state index in [0.717, 1.165) is 16.6 Å². The Morgan fingerprint density at radius 1 is 1.12 bits per heavy atom. The topological polar surface area (TPSA) is 88.0 Å². The minimum Gasteiger partial charge on any atom is -0.345 e. The van der Waals surface area contributed by atoms with E-state index in [0.29, 0.717) is 22.3 Å². The molecule has 32 heavy (non-hydrogen) atoms. The first-order valence-electron chi connectivity index (χ1n) is 9.92. The number of nitrogens with one attached hydrogen (secondary N) is 2. The third-order valence-electron chi connectivity index (χ3n) is 5.09. The van der Waals surface area contributed by atoms with Crippen molar-refractivity contribution in [3.8, 4) is 11.8 Å². The Hall–Kier alpha value is -4.51. The van der Waals surface area contributed by atoms with Crippen LogP contribution in [0.3, 0.4) is 0 Å². The smallest absolute Gasteiger partial charge is 0.255 e. The van der Waals surface area contributed by atoms with Crippen LogP contribution in [0.4, 0.5) is 4.39 Å². The fraction of sp³-hybridized carbons (Fsp3) is 0.0833. The molecule has 5 aromatic rings. The van der Waals surface area contributed by atoms with Gasteiger partial charge in [-0.15, -0.1) is 0 Å². The number of aromatic amines is 1. The van der Waals surface area contributed by atoms with Gasteiger partial charge in [0.15, 0.2) is 5.65 Å². The highest BCUT2D eigenvalue weighted by atomic mass is 19.1. The highest BCUT2D eigenvalue weighted by Crippen LogP contribution is 2.17. The number of benzene rings is 1. The Kier molecular flexibility index (Phi) is 4.84. The lowest BCUT2D eigenvalue weighted by Gasteiger charge is -2.14. The molecule has 1 amide bonds. The van der Waals surface area contributed by atoms with Crippen LogP contribution < -0.4 is 5.32 Å². The van der Waals surface area contributed by atoms with Crippen LogP contribution in [0.2, 0.25) is 0 Å². The number of nitrogens with zero attached hydrogens (tertiary/aromatic N) is 4. The van der Waals surface area contributed by atoms with E-state index in [1.54, 1.807) is 42.3 Å². The zero-order chi connectivity index (χ0) is 22.1. The van der Waals surface area contributed by atoms with Crippen molar-refractivity contribution in [3.05, 3.63) is 95.5 Å². The quantitative estimate of drug-likeness (QED) is 0.433. The number of H-pyrrole nitrogens is 1. The molecule has 0 unspecified atom stereocenters. The third-order valence-corrected chi connectivity index (χ3v) is 5.09. The van der Waals surface area contributed by atoms with Crippen molar-refractivity contribution in [1.29, 1.82) is 0 Å². The second-order valence-electron chi connectivity index (χ2n) is 7.30. The minimum absolute atomic E-state index is 0.296. The molecule has 0 aliphatic carbocycles. The summed E-state index contributed by atoms with van der Waals surface area (Å²) >= 11 is 0. The number of hydrogen-bond donors (Lipinski definition) is 2. The van der Waals surface area contributed by atoms with Gasteiger partial charge in [0, 0.05) is 23.5 Å². The number of aromatic nitrogens is 5. The molecule has 0 radical (unpaired) electrons. The molecule has 0 aliphatic rings. The third kappa shape index (κ3) is 3.79. The molecule has 0 aliphatic heterocycles. The fourth-order valence-electron chi connectivity index (χ4n) is 3.41. The SMILES string of the molecule is C[C@H](NC(=O)c1cnn2ccc(C#Cc3cnc4nc[nH]c4c3)cc12)c1cccc(F)c1. The lowest BCUT2D eigenvalue weighted by molar-refractivity contribution is 0.0941. The molecule has 8 heteroatoms. The fourth-order valence-corrected chi connectivity index (χ4v) is 3.41. The average Bonchev–Trinajstić information content (AvgIpc) is 3.43. The largest absolute Gasteiger partial charge is 0.345 e. The summed E-state index contributed by atoms with van der Waals surface area (Å²) in [5, 5.41) is 7.15. The van der Waals surface area contributed by atoms with Crippen LogP contribution in [0.5, 0.6) is 0 Å². The summed E-state index contributed by atoms with van der Waals surface area (Å²) in [7, 11) is 0. The van der Waals surface area contributed by atoms with Gasteiger partial charge in [0.1, 0.15) is 5.82 Å². The van der Waals surface area contributed by atoms with E-state index in [4.69, 9.17) is 0 Å². The van der Waals surface area contributed by atoms with Gasteiger partial charge in [0.05, 0.1) is 35.2 Å². The summed E-state index contributed by atoms with van der Waals surface area (Å²) in [6, 6.07) is 11.3. The first kappa shape index (κ1) is 19.5. The Labute approximate surface area is 182 Å². The van der Waals surface area contributed by atoms with Crippen molar-refractivity contribution in [2.45, 2.75) is 13.0 Å². The molecule has 4 aromatic heterocycles. The van der Waals surface area contributed by atoms with Crippen LogP contribution in [0.25, 0.3) is 16.7 Å². The zero-order valence-corrected chi connectivity index (χ0v) is 17.0. The first-order valence-corrected chi connectivity index (χ1v) is 9.92. The number of halogens is 1. The molecule has 7 nitrogen and oxygen atoms in total. The second-order valence-corrected chi connectivity index (χ2v) is 7.30. The monoisotopic (exact) mass is 424 g/mol. The molecule has 4 heterocycles. The Bertz CT molecular complexity index is 1520. The van der Waals surface area contributed by atoms with E-state index in [9.17, 15) is 9.18 Å². The Balaban J connectivity index is 1.40. The van der Waals surface area contributed by atoms with Crippen molar-refractivity contribution in [3.63, 3.8) is 0 Å². The normalized spacial score (nSPS) is 11.8. The van der Waals surface area contributed by atoms with Gasteiger partial charge in [0.2, 0.25) is 0 Å². The second kappa shape index (κ2) is 7.96. The van der Waals surface area contributed by atoms with Crippen LogP contribution in [0.15, 0.2) is 67.4 Å². The van der Waals surface area contributed by atoms with Crippen molar-refractivity contribution in [2.24, 2.45) is 0 Å². The number of pyridine rings is 2. The van der Waals surface area contributed by atoms with Gasteiger partial charge >= 0.3 is 0 Å². The summed E-state index contributed by atoms with van der Waals surface area (Å²) in [6.07, 6.45) is 6.52. The van der Waals surface area contributed by atoms with Crippen molar-refractivity contribution >= 4 is 22.6 Å². The number of carbonyl (C=O) groups is 1. The van der Waals surface area contributed by atoms with Gasteiger partial charge in [-0.3, -0.25) is 4.79 Å². The van der Waals surface area contributed by atoms with Crippen LogP contribution in [0.1, 0.15) is 40.0 Å². The maximum absolute atomic E-state index is 13.5. The molecular formula is C24H17FN6O. The number of fused-ring (bicyclic) bond motifs is 2. The van der Waals surface area contributed by atoms with Crippen LogP contribution in [0, 0.1) is 17.7 Å². The number of rotatable bonds is 3. The standard InChI is InChI=1S/C24H17FN6O/c1-15(18-3-2-4-19(25)11-18)30-24(32)20-13-29-31-8-7-16(10-22(20)31)5-6-17-9-21-23(26-12-17)28-14-27-21/h2-4,7-15H,1H3,(H,30,32)(H,26,27,28)/t15-/m0/s1. The van der Waals surface area contributed by atoms with Crippen LogP contribution in [-0.4, -0.2) is 30.5 Å². The molecule has 0 bridgehead atoms. The highest BCUT2D eigenvalue weighted by molar-refractivity contribution is 6.01. The molecule has 1 aromatic carbocycles. The first-order chi connectivity index (χ1) is 15.6. The van der Waals surface area contributed by atoms with E-state index >= 15 is 0 Å². The van der Waals surface area contributed by atoms with E-state index in [2.05, 4.69) is 37.2 Å². The van der Waals surface area contributed by atoms with Crippen LogP contribution in [-0.2, 0) is 0 Å². The van der Waals surface area contributed by atoms with Crippen molar-refractivity contribution in [2.75, 3.05) is 0 Å². The number of imidazole rings is 1. The maximum atomic E-state index is 13.5. The average molecular weight is 424 g/mol. The molecule has 0 fully saturated rings. The number of hydrogen-bond acceptors (Lipinski definition) is 4. The predicted molar refractivity (Wildman–Crippen MR) is 117 cm³/mol. The van der Waals surface area contributed by atoms with Crippen molar-refractivity contribution < 1.29 is 9.18 Å². The molecule has 156 valence electrons. The summed E-state index contributed by atoms with van der Waals surface area (Å²) in [5.41, 5.74) is 4.66. The van der Waals surface area contributed by atoms with Crippen molar-refractivity contribution in [1.82, 2.24) is 29.9 Å². The summed E-state index contributed by atoms with van der Waals surface area (Å²) in [4.78, 5) is 24.2. The summed E-state index contributed by atoms with van der Waals surface area (Å²) in [6.45, 7) is 1.81. The van der Waals surface area contributed by atoms with E-state index in [1.807, 2.05) is 18.2 Å². The molecular weight excluding hydrogens is 407 g/mol. The van der Waals surface area contributed by atoms with E-state index < -0.39 is 0 Å². The molecule has 0 saturated heterocycles. The van der Waals surface area contributed by atoms with Gasteiger partial charge < -0.3 is 10.3 Å². The highest BCUT2D eigenvalue weighted by Gasteiger charge is 2.16.